The van der Waals surface area contributed by atoms with E-state index in [0.717, 1.165) is 51.2 Å². The van der Waals surface area contributed by atoms with Gasteiger partial charge in [-0.2, -0.15) is 0 Å². The van der Waals surface area contributed by atoms with Crippen molar-refractivity contribution in [3.8, 4) is 0 Å². The van der Waals surface area contributed by atoms with E-state index in [0.29, 0.717) is 11.9 Å². The van der Waals surface area contributed by atoms with Gasteiger partial charge in [0.25, 0.3) is 0 Å². The number of nitrogens with zero attached hydrogens (tertiary/aromatic N) is 2. The highest BCUT2D eigenvalue weighted by atomic mass is 16.2. The van der Waals surface area contributed by atoms with Crippen molar-refractivity contribution >= 4 is 5.91 Å². The summed E-state index contributed by atoms with van der Waals surface area (Å²) in [5.41, 5.74) is 6.04. The van der Waals surface area contributed by atoms with Crippen molar-refractivity contribution in [2.75, 3.05) is 26.7 Å². The van der Waals surface area contributed by atoms with Gasteiger partial charge < -0.3 is 10.6 Å². The van der Waals surface area contributed by atoms with E-state index in [1.807, 2.05) is 0 Å². The van der Waals surface area contributed by atoms with E-state index in [4.69, 9.17) is 5.73 Å². The maximum absolute atomic E-state index is 12.4. The lowest BCUT2D eigenvalue weighted by atomic mass is 9.83. The summed E-state index contributed by atoms with van der Waals surface area (Å²) in [7, 11) is 2.15. The van der Waals surface area contributed by atoms with Crippen molar-refractivity contribution < 1.29 is 4.79 Å². The van der Waals surface area contributed by atoms with Gasteiger partial charge in [0.2, 0.25) is 5.91 Å². The zero-order valence-electron chi connectivity index (χ0n) is 13.4. The molecule has 0 aromatic heterocycles. The fraction of sp³-hybridized carbons (Fsp3) is 0.938. The molecule has 116 valence electrons. The summed E-state index contributed by atoms with van der Waals surface area (Å²) in [5.74, 6) is 1.07. The number of amides is 1. The normalized spacial score (nSPS) is 31.3. The third kappa shape index (κ3) is 3.95. The molecule has 0 atom stereocenters. The van der Waals surface area contributed by atoms with Gasteiger partial charge in [-0.25, -0.2) is 0 Å². The molecule has 0 spiro atoms. The molecular weight excluding hydrogens is 250 g/mol. The van der Waals surface area contributed by atoms with E-state index in [2.05, 4.69) is 30.7 Å². The second-order valence-corrected chi connectivity index (χ2v) is 7.37. The zero-order valence-corrected chi connectivity index (χ0v) is 13.4. The smallest absolute Gasteiger partial charge is 0.222 e. The van der Waals surface area contributed by atoms with Gasteiger partial charge in [0.05, 0.1) is 0 Å². The molecule has 2 aliphatic rings. The fourth-order valence-corrected chi connectivity index (χ4v) is 3.42. The van der Waals surface area contributed by atoms with Crippen molar-refractivity contribution in [3.63, 3.8) is 0 Å². The van der Waals surface area contributed by atoms with Gasteiger partial charge >= 0.3 is 0 Å². The van der Waals surface area contributed by atoms with Gasteiger partial charge in [0.15, 0.2) is 0 Å². The molecule has 1 saturated carbocycles. The summed E-state index contributed by atoms with van der Waals surface area (Å²) in [6, 6.07) is 0.403. The van der Waals surface area contributed by atoms with E-state index in [1.165, 1.54) is 12.8 Å². The zero-order chi connectivity index (χ0) is 14.8. The van der Waals surface area contributed by atoms with Crippen LogP contribution in [0.4, 0.5) is 0 Å². The van der Waals surface area contributed by atoms with Gasteiger partial charge in [0, 0.05) is 37.6 Å². The Kier molecular flexibility index (Phi) is 5.08. The number of likely N-dealkylation sites (N-methyl/N-ethyl adjacent to an activating group) is 1. The quantitative estimate of drug-likeness (QED) is 0.858. The van der Waals surface area contributed by atoms with Crippen LogP contribution in [0.2, 0.25) is 0 Å². The van der Waals surface area contributed by atoms with Gasteiger partial charge in [-0.3, -0.25) is 9.69 Å². The Labute approximate surface area is 123 Å². The van der Waals surface area contributed by atoms with Crippen LogP contribution in [0.1, 0.15) is 52.4 Å². The van der Waals surface area contributed by atoms with Crippen LogP contribution in [-0.4, -0.2) is 54.0 Å². The summed E-state index contributed by atoms with van der Waals surface area (Å²) in [6.45, 7) is 7.16. The predicted octanol–water partition coefficient (Wildman–Crippen LogP) is 1.84. The molecule has 1 aliphatic carbocycles. The largest absolute Gasteiger partial charge is 0.340 e. The Morgan fingerprint density at radius 1 is 1.20 bits per heavy atom. The molecule has 2 rings (SSSR count). The number of hydrogen-bond acceptors (Lipinski definition) is 3. The van der Waals surface area contributed by atoms with Crippen molar-refractivity contribution in [1.82, 2.24) is 9.80 Å². The summed E-state index contributed by atoms with van der Waals surface area (Å²) >= 11 is 0. The van der Waals surface area contributed by atoms with Crippen LogP contribution >= 0.6 is 0 Å². The molecule has 2 N–H and O–H groups in total. The Balaban J connectivity index is 1.75. The number of piperazine rings is 1. The highest BCUT2D eigenvalue weighted by molar-refractivity contribution is 5.76. The summed E-state index contributed by atoms with van der Waals surface area (Å²) in [4.78, 5) is 16.8. The number of nitrogens with two attached hydrogens (primary N) is 1. The molecule has 2 fully saturated rings. The second-order valence-electron chi connectivity index (χ2n) is 7.37. The third-order valence-corrected chi connectivity index (χ3v) is 5.33. The van der Waals surface area contributed by atoms with Crippen LogP contribution in [0, 0.1) is 5.92 Å². The molecule has 1 amide bonds. The third-order valence-electron chi connectivity index (χ3n) is 5.33. The minimum absolute atomic E-state index is 0.103. The Hall–Kier alpha value is -0.610. The standard InChI is InChI=1S/C16H31N3O/c1-16(2)12-19(11-10-18(16)3)15(20)9-6-13-4-7-14(17)8-5-13/h13-14H,4-12,17H2,1-3H3. The molecule has 4 heteroatoms. The van der Waals surface area contributed by atoms with E-state index >= 15 is 0 Å². The van der Waals surface area contributed by atoms with Crippen molar-refractivity contribution in [2.45, 2.75) is 64.0 Å². The summed E-state index contributed by atoms with van der Waals surface area (Å²) < 4.78 is 0. The van der Waals surface area contributed by atoms with Gasteiger partial charge in [0.1, 0.15) is 0 Å². The molecule has 0 unspecified atom stereocenters. The monoisotopic (exact) mass is 281 g/mol. The predicted molar refractivity (Wildman–Crippen MR) is 82.5 cm³/mol. The van der Waals surface area contributed by atoms with Crippen LogP contribution in [0.5, 0.6) is 0 Å². The first-order valence-corrected chi connectivity index (χ1v) is 8.13. The Bertz CT molecular complexity index is 335. The number of hydrogen-bond donors (Lipinski definition) is 1. The van der Waals surface area contributed by atoms with Gasteiger partial charge in [-0.05, 0) is 58.9 Å². The van der Waals surface area contributed by atoms with Gasteiger partial charge in [-0.15, -0.1) is 0 Å². The minimum Gasteiger partial charge on any atom is -0.340 e. The fourth-order valence-electron chi connectivity index (χ4n) is 3.42. The van der Waals surface area contributed by atoms with E-state index < -0.39 is 0 Å². The molecule has 0 aromatic carbocycles. The first-order valence-electron chi connectivity index (χ1n) is 8.13. The lowest BCUT2D eigenvalue weighted by Gasteiger charge is -2.45. The van der Waals surface area contributed by atoms with Crippen molar-refractivity contribution in [3.05, 3.63) is 0 Å². The maximum Gasteiger partial charge on any atom is 0.222 e. The minimum atomic E-state index is 0.103. The number of rotatable bonds is 3. The van der Waals surface area contributed by atoms with Crippen molar-refractivity contribution in [1.29, 1.82) is 0 Å². The van der Waals surface area contributed by atoms with Crippen molar-refractivity contribution in [2.24, 2.45) is 11.7 Å². The molecule has 4 nitrogen and oxygen atoms in total. The SMILES string of the molecule is CN1CCN(C(=O)CCC2CCC(N)CC2)CC1(C)C. The molecule has 20 heavy (non-hydrogen) atoms. The van der Waals surface area contributed by atoms with E-state index in [1.54, 1.807) is 0 Å². The average molecular weight is 281 g/mol. The first-order chi connectivity index (χ1) is 9.38. The van der Waals surface area contributed by atoms with Gasteiger partial charge in [-0.1, -0.05) is 0 Å². The molecule has 0 radical (unpaired) electrons. The van der Waals surface area contributed by atoms with Crippen LogP contribution in [-0.2, 0) is 4.79 Å². The molecule has 1 aliphatic heterocycles. The highest BCUT2D eigenvalue weighted by Crippen LogP contribution is 2.27. The molecule has 0 aromatic rings. The van der Waals surface area contributed by atoms with Crippen LogP contribution in [0.15, 0.2) is 0 Å². The van der Waals surface area contributed by atoms with Crippen LogP contribution < -0.4 is 5.73 Å². The van der Waals surface area contributed by atoms with Crippen LogP contribution in [0.3, 0.4) is 0 Å². The lowest BCUT2D eigenvalue weighted by Crippen LogP contribution is -2.58. The highest BCUT2D eigenvalue weighted by Gasteiger charge is 2.33. The summed E-state index contributed by atoms with van der Waals surface area (Å²) in [5, 5.41) is 0. The van der Waals surface area contributed by atoms with E-state index in [9.17, 15) is 4.79 Å². The number of carbonyl (C=O) groups excluding carboxylic acids is 1. The molecule has 0 bridgehead atoms. The molecule has 1 saturated heterocycles. The summed E-state index contributed by atoms with van der Waals surface area (Å²) in [6.07, 6.45) is 6.48. The molecule has 1 heterocycles. The molecular formula is C16H31N3O. The van der Waals surface area contributed by atoms with Crippen LogP contribution in [0.25, 0.3) is 0 Å². The maximum atomic E-state index is 12.4. The average Bonchev–Trinajstić information content (AvgIpc) is 2.41. The first kappa shape index (κ1) is 15.8. The second kappa shape index (κ2) is 6.44. The Morgan fingerprint density at radius 3 is 2.45 bits per heavy atom. The van der Waals surface area contributed by atoms with E-state index in [-0.39, 0.29) is 5.54 Å². The number of carbonyl (C=O) groups is 1. The lowest BCUT2D eigenvalue weighted by molar-refractivity contribution is -0.136. The topological polar surface area (TPSA) is 49.6 Å². The Morgan fingerprint density at radius 2 is 1.85 bits per heavy atom.